The first-order chi connectivity index (χ1) is 17.5. The molecule has 2 aliphatic rings. The van der Waals surface area contributed by atoms with Crippen LogP contribution in [0.4, 0.5) is 17.1 Å². The third-order valence-electron chi connectivity index (χ3n) is 7.24. The Morgan fingerprint density at radius 2 is 1.75 bits per heavy atom. The molecule has 184 valence electrons. The van der Waals surface area contributed by atoms with Crippen molar-refractivity contribution in [2.45, 2.75) is 50.6 Å². The summed E-state index contributed by atoms with van der Waals surface area (Å²) < 4.78 is 0. The van der Waals surface area contributed by atoms with E-state index in [-0.39, 0.29) is 11.6 Å². The van der Waals surface area contributed by atoms with Crippen molar-refractivity contribution < 1.29 is 9.72 Å². The normalized spacial score (nSPS) is 18.2. The molecule has 0 spiro atoms. The first-order valence-electron chi connectivity index (χ1n) is 12.5. The molecule has 1 saturated carbocycles. The Morgan fingerprint density at radius 3 is 2.44 bits per heavy atom. The minimum absolute atomic E-state index is 0.0471. The third-order valence-corrected chi connectivity index (χ3v) is 7.24. The zero-order valence-corrected chi connectivity index (χ0v) is 20.4. The average Bonchev–Trinajstić information content (AvgIpc) is 3.24. The molecule has 0 aromatic heterocycles. The van der Waals surface area contributed by atoms with Gasteiger partial charge in [0, 0.05) is 36.0 Å². The van der Waals surface area contributed by atoms with Gasteiger partial charge in [-0.25, -0.2) is 0 Å². The number of amides is 1. The molecule has 0 bridgehead atoms. The van der Waals surface area contributed by atoms with Gasteiger partial charge < -0.3 is 5.32 Å². The van der Waals surface area contributed by atoms with Crippen LogP contribution >= 0.6 is 0 Å². The maximum Gasteiger partial charge on any atom is 0.269 e. The molecule has 1 heterocycles. The van der Waals surface area contributed by atoms with Gasteiger partial charge in [0.25, 0.3) is 5.69 Å². The molecule has 7 nitrogen and oxygen atoms in total. The number of nitro groups is 1. The van der Waals surface area contributed by atoms with E-state index in [1.807, 2.05) is 42.5 Å². The Labute approximate surface area is 211 Å². The first kappa shape index (κ1) is 23.9. The lowest BCUT2D eigenvalue weighted by molar-refractivity contribution is -0.384. The van der Waals surface area contributed by atoms with Gasteiger partial charge in [-0.1, -0.05) is 61.7 Å². The van der Waals surface area contributed by atoms with Crippen LogP contribution in [0.1, 0.15) is 54.7 Å². The molecule has 0 saturated heterocycles. The van der Waals surface area contributed by atoms with Gasteiger partial charge in [-0.15, -0.1) is 0 Å². The summed E-state index contributed by atoms with van der Waals surface area (Å²) in [6, 6.07) is 22.8. The Morgan fingerprint density at radius 1 is 1.03 bits per heavy atom. The van der Waals surface area contributed by atoms with Crippen molar-refractivity contribution in [2.24, 2.45) is 4.99 Å². The predicted molar refractivity (Wildman–Crippen MR) is 142 cm³/mol. The summed E-state index contributed by atoms with van der Waals surface area (Å²) in [5.41, 5.74) is 4.45. The molecule has 1 amide bonds. The fourth-order valence-corrected chi connectivity index (χ4v) is 5.29. The molecule has 1 fully saturated rings. The minimum atomic E-state index is -0.737. The van der Waals surface area contributed by atoms with E-state index >= 15 is 0 Å². The van der Waals surface area contributed by atoms with Gasteiger partial charge in [0.15, 0.2) is 0 Å². The Balaban J connectivity index is 1.46. The van der Waals surface area contributed by atoms with Crippen LogP contribution in [0.15, 0.2) is 77.8 Å². The van der Waals surface area contributed by atoms with Crippen LogP contribution in [-0.4, -0.2) is 34.5 Å². The molecule has 1 atom stereocenters. The summed E-state index contributed by atoms with van der Waals surface area (Å²) in [4.78, 5) is 31.4. The molecular weight excluding hydrogens is 452 g/mol. The number of hydrogen-bond donors (Lipinski definition) is 1. The van der Waals surface area contributed by atoms with E-state index < -0.39 is 10.8 Å². The smallest absolute Gasteiger partial charge is 0.269 e. The molecule has 3 aromatic rings. The van der Waals surface area contributed by atoms with Gasteiger partial charge in [-0.3, -0.25) is 24.8 Å². The highest BCUT2D eigenvalue weighted by atomic mass is 16.6. The van der Waals surface area contributed by atoms with Crippen molar-refractivity contribution in [3.05, 3.63) is 99.6 Å². The van der Waals surface area contributed by atoms with Crippen molar-refractivity contribution in [3.63, 3.8) is 0 Å². The summed E-state index contributed by atoms with van der Waals surface area (Å²) in [6.07, 6.45) is 6.50. The quantitative estimate of drug-likeness (QED) is 0.246. The number of non-ortho nitro benzene ring substituents is 1. The van der Waals surface area contributed by atoms with E-state index in [2.05, 4.69) is 29.4 Å². The number of nitro benzene ring substituents is 1. The Kier molecular flexibility index (Phi) is 6.91. The van der Waals surface area contributed by atoms with Gasteiger partial charge in [0.1, 0.15) is 5.92 Å². The Hall–Kier alpha value is -3.84. The van der Waals surface area contributed by atoms with Crippen LogP contribution in [0.3, 0.4) is 0 Å². The van der Waals surface area contributed by atoms with Gasteiger partial charge in [0.2, 0.25) is 5.91 Å². The number of rotatable bonds is 7. The molecule has 5 rings (SSSR count). The highest BCUT2D eigenvalue weighted by Gasteiger charge is 2.36. The van der Waals surface area contributed by atoms with E-state index in [1.54, 1.807) is 6.07 Å². The number of aliphatic imine (C=N–C) groups is 1. The number of benzene rings is 3. The van der Waals surface area contributed by atoms with E-state index in [0.717, 1.165) is 17.8 Å². The van der Waals surface area contributed by atoms with Crippen LogP contribution in [0.25, 0.3) is 0 Å². The largest absolute Gasteiger partial charge is 0.325 e. The molecule has 1 aliphatic heterocycles. The highest BCUT2D eigenvalue weighted by molar-refractivity contribution is 6.24. The monoisotopic (exact) mass is 482 g/mol. The molecule has 0 radical (unpaired) electrons. The number of fused-ring (bicyclic) bond motifs is 1. The number of hydrogen-bond acceptors (Lipinski definition) is 5. The summed E-state index contributed by atoms with van der Waals surface area (Å²) in [5.74, 6) is -0.974. The van der Waals surface area contributed by atoms with Crippen LogP contribution < -0.4 is 5.32 Å². The van der Waals surface area contributed by atoms with Crippen molar-refractivity contribution >= 4 is 28.7 Å². The van der Waals surface area contributed by atoms with Crippen molar-refractivity contribution in [1.82, 2.24) is 4.90 Å². The van der Waals surface area contributed by atoms with Gasteiger partial charge >= 0.3 is 0 Å². The maximum absolute atomic E-state index is 13.1. The lowest BCUT2D eigenvalue weighted by Gasteiger charge is -2.31. The second-order valence-electron chi connectivity index (χ2n) is 9.69. The molecule has 1 N–H and O–H groups in total. The SMILES string of the molecule is CN(Cc1ccc(N=C(c2ccccc2)C2C(=O)Nc3ccc([N+](=O)[O-])cc32)cc1)C1CCCCC1. The molecule has 3 aromatic carbocycles. The number of nitrogens with zero attached hydrogens (tertiary/aromatic N) is 3. The third kappa shape index (κ3) is 5.06. The van der Waals surface area contributed by atoms with Crippen LogP contribution in [0, 0.1) is 10.1 Å². The fraction of sp³-hybridized carbons (Fsp3) is 0.310. The molecule has 7 heteroatoms. The summed E-state index contributed by atoms with van der Waals surface area (Å²) in [6.45, 7) is 0.891. The topological polar surface area (TPSA) is 87.8 Å². The molecule has 1 unspecified atom stereocenters. The fourth-order valence-electron chi connectivity index (χ4n) is 5.29. The molecule has 1 aliphatic carbocycles. The lowest BCUT2D eigenvalue weighted by Crippen LogP contribution is -2.32. The number of carbonyl (C=O) groups is 1. The zero-order valence-electron chi connectivity index (χ0n) is 20.4. The number of anilines is 1. The van der Waals surface area contributed by atoms with Gasteiger partial charge in [-0.05, 0) is 49.2 Å². The summed E-state index contributed by atoms with van der Waals surface area (Å²) in [7, 11) is 2.20. The minimum Gasteiger partial charge on any atom is -0.325 e. The molecular formula is C29H30N4O3. The summed E-state index contributed by atoms with van der Waals surface area (Å²) in [5, 5.41) is 14.3. The van der Waals surface area contributed by atoms with Gasteiger partial charge in [0.05, 0.1) is 16.3 Å². The van der Waals surface area contributed by atoms with Crippen LogP contribution in [-0.2, 0) is 11.3 Å². The highest BCUT2D eigenvalue weighted by Crippen LogP contribution is 2.38. The number of nitrogens with one attached hydrogen (secondary N) is 1. The predicted octanol–water partition coefficient (Wildman–Crippen LogP) is 6.22. The van der Waals surface area contributed by atoms with Crippen molar-refractivity contribution in [2.75, 3.05) is 12.4 Å². The second-order valence-corrected chi connectivity index (χ2v) is 9.69. The van der Waals surface area contributed by atoms with E-state index in [0.29, 0.717) is 23.0 Å². The van der Waals surface area contributed by atoms with Gasteiger partial charge in [-0.2, -0.15) is 0 Å². The standard InChI is InChI=1S/C29H30N4O3/c1-32(23-10-6-3-7-11-23)19-20-12-14-22(15-13-20)30-28(21-8-4-2-5-9-21)27-25-18-24(33(35)36)16-17-26(25)31-29(27)34/h2,4-5,8-9,12-18,23,27H,3,6-7,10-11,19H2,1H3,(H,31,34). The van der Waals surface area contributed by atoms with Crippen molar-refractivity contribution in [1.29, 1.82) is 0 Å². The zero-order chi connectivity index (χ0) is 25.1. The number of carbonyl (C=O) groups excluding carboxylic acids is 1. The van der Waals surface area contributed by atoms with Crippen LogP contribution in [0.5, 0.6) is 0 Å². The lowest BCUT2D eigenvalue weighted by atomic mass is 9.90. The second kappa shape index (κ2) is 10.4. The summed E-state index contributed by atoms with van der Waals surface area (Å²) >= 11 is 0. The van der Waals surface area contributed by atoms with E-state index in [4.69, 9.17) is 4.99 Å². The van der Waals surface area contributed by atoms with Crippen molar-refractivity contribution in [3.8, 4) is 0 Å². The van der Waals surface area contributed by atoms with Crippen LogP contribution in [0.2, 0.25) is 0 Å². The Bertz CT molecular complexity index is 1280. The first-order valence-corrected chi connectivity index (χ1v) is 12.5. The molecule has 36 heavy (non-hydrogen) atoms. The average molecular weight is 483 g/mol. The van der Waals surface area contributed by atoms with E-state index in [1.165, 1.54) is 49.8 Å². The van der Waals surface area contributed by atoms with E-state index in [9.17, 15) is 14.9 Å². The maximum atomic E-state index is 13.1.